The van der Waals surface area contributed by atoms with Gasteiger partial charge in [0.15, 0.2) is 0 Å². The lowest BCUT2D eigenvalue weighted by Gasteiger charge is -2.36. The topological polar surface area (TPSA) is 38.0 Å². The Bertz CT molecular complexity index is 361. The lowest BCUT2D eigenvalue weighted by Crippen LogP contribution is -2.36. The smallest absolute Gasteiger partial charge is 0.0584 e. The molecular formula is C14H24N2S. The lowest BCUT2D eigenvalue weighted by atomic mass is 9.73. The van der Waals surface area contributed by atoms with E-state index in [2.05, 4.69) is 37.6 Å². The summed E-state index contributed by atoms with van der Waals surface area (Å²) in [4.78, 5) is 1.43. The Morgan fingerprint density at radius 1 is 1.35 bits per heavy atom. The summed E-state index contributed by atoms with van der Waals surface area (Å²) in [5, 5.41) is 2.17. The fourth-order valence-electron chi connectivity index (χ4n) is 3.02. The molecular weight excluding hydrogens is 228 g/mol. The molecule has 0 saturated heterocycles. The molecule has 1 aromatic heterocycles. The van der Waals surface area contributed by atoms with E-state index in [1.165, 1.54) is 29.7 Å². The number of rotatable bonds is 3. The van der Waals surface area contributed by atoms with Gasteiger partial charge in [0.2, 0.25) is 0 Å². The number of hydrazine groups is 1. The van der Waals surface area contributed by atoms with Gasteiger partial charge >= 0.3 is 0 Å². The van der Waals surface area contributed by atoms with Gasteiger partial charge in [-0.3, -0.25) is 11.3 Å². The van der Waals surface area contributed by atoms with Gasteiger partial charge < -0.3 is 0 Å². The third-order valence-corrected chi connectivity index (χ3v) is 5.58. The highest BCUT2D eigenvalue weighted by Gasteiger charge is 2.31. The Morgan fingerprint density at radius 2 is 2.12 bits per heavy atom. The first-order valence-electron chi connectivity index (χ1n) is 6.63. The molecule has 1 aromatic rings. The molecule has 1 saturated carbocycles. The van der Waals surface area contributed by atoms with E-state index < -0.39 is 0 Å². The maximum absolute atomic E-state index is 5.80. The molecule has 0 aromatic carbocycles. The third kappa shape index (κ3) is 2.72. The first kappa shape index (κ1) is 13.1. The first-order chi connectivity index (χ1) is 8.13. The fourth-order valence-corrected chi connectivity index (χ4v) is 4.10. The molecule has 4 atom stereocenters. The van der Waals surface area contributed by atoms with Crippen LogP contribution in [0.5, 0.6) is 0 Å². The molecule has 96 valence electrons. The SMILES string of the molecule is Cc1ccsc1C(NN)C1CCC(C)C(C)C1. The summed E-state index contributed by atoms with van der Waals surface area (Å²) in [5.74, 6) is 8.19. The van der Waals surface area contributed by atoms with Crippen LogP contribution >= 0.6 is 11.3 Å². The van der Waals surface area contributed by atoms with Gasteiger partial charge in [0, 0.05) is 4.88 Å². The highest BCUT2D eigenvalue weighted by molar-refractivity contribution is 7.10. The Labute approximate surface area is 109 Å². The average Bonchev–Trinajstić information content (AvgIpc) is 2.71. The Hall–Kier alpha value is -0.380. The molecule has 0 amide bonds. The summed E-state index contributed by atoms with van der Waals surface area (Å²) in [7, 11) is 0. The van der Waals surface area contributed by atoms with Crippen LogP contribution < -0.4 is 11.3 Å². The van der Waals surface area contributed by atoms with Gasteiger partial charge in [-0.2, -0.15) is 0 Å². The standard InChI is InChI=1S/C14H24N2S/c1-9-4-5-12(8-11(9)3)13(16-15)14-10(2)6-7-17-14/h6-7,9,11-13,16H,4-5,8,15H2,1-3H3. The van der Waals surface area contributed by atoms with Crippen LogP contribution in [0, 0.1) is 24.7 Å². The lowest BCUT2D eigenvalue weighted by molar-refractivity contribution is 0.172. The number of nitrogens with two attached hydrogens (primary N) is 1. The van der Waals surface area contributed by atoms with E-state index in [1.807, 2.05) is 11.3 Å². The summed E-state index contributed by atoms with van der Waals surface area (Å²) >= 11 is 1.84. The van der Waals surface area contributed by atoms with E-state index in [-0.39, 0.29) is 0 Å². The summed E-state index contributed by atoms with van der Waals surface area (Å²) in [5.41, 5.74) is 4.44. The van der Waals surface area contributed by atoms with Crippen molar-refractivity contribution in [3.63, 3.8) is 0 Å². The van der Waals surface area contributed by atoms with Crippen molar-refractivity contribution in [3.8, 4) is 0 Å². The van der Waals surface area contributed by atoms with Gasteiger partial charge in [-0.25, -0.2) is 0 Å². The van der Waals surface area contributed by atoms with Gasteiger partial charge in [-0.05, 0) is 54.5 Å². The molecule has 1 aliphatic carbocycles. The molecule has 3 N–H and O–H groups in total. The minimum atomic E-state index is 0.352. The van der Waals surface area contributed by atoms with Gasteiger partial charge in [0.1, 0.15) is 0 Å². The van der Waals surface area contributed by atoms with Crippen molar-refractivity contribution < 1.29 is 0 Å². The van der Waals surface area contributed by atoms with Gasteiger partial charge in [-0.15, -0.1) is 11.3 Å². The number of thiophene rings is 1. The highest BCUT2D eigenvalue weighted by Crippen LogP contribution is 2.41. The fraction of sp³-hybridized carbons (Fsp3) is 0.714. The van der Waals surface area contributed by atoms with Crippen LogP contribution in [0.2, 0.25) is 0 Å². The average molecular weight is 252 g/mol. The zero-order valence-electron chi connectivity index (χ0n) is 11.1. The Balaban J connectivity index is 2.12. The van der Waals surface area contributed by atoms with E-state index in [9.17, 15) is 0 Å². The van der Waals surface area contributed by atoms with Crippen molar-refractivity contribution in [1.29, 1.82) is 0 Å². The van der Waals surface area contributed by atoms with Crippen LogP contribution in [0.4, 0.5) is 0 Å². The second-order valence-electron chi connectivity index (χ2n) is 5.64. The molecule has 1 heterocycles. The monoisotopic (exact) mass is 252 g/mol. The summed E-state index contributed by atoms with van der Waals surface area (Å²) in [6.45, 7) is 6.94. The zero-order valence-corrected chi connectivity index (χ0v) is 11.9. The van der Waals surface area contributed by atoms with E-state index in [0.717, 1.165) is 11.8 Å². The van der Waals surface area contributed by atoms with Crippen LogP contribution in [0.15, 0.2) is 11.4 Å². The minimum absolute atomic E-state index is 0.352. The van der Waals surface area contributed by atoms with E-state index in [4.69, 9.17) is 5.84 Å². The maximum Gasteiger partial charge on any atom is 0.0584 e. The second-order valence-corrected chi connectivity index (χ2v) is 6.59. The molecule has 1 aliphatic rings. The van der Waals surface area contributed by atoms with Crippen LogP contribution in [0.25, 0.3) is 0 Å². The van der Waals surface area contributed by atoms with Gasteiger partial charge in [-0.1, -0.05) is 20.3 Å². The number of hydrogen-bond acceptors (Lipinski definition) is 3. The Morgan fingerprint density at radius 3 is 2.65 bits per heavy atom. The molecule has 2 nitrogen and oxygen atoms in total. The zero-order chi connectivity index (χ0) is 12.4. The Kier molecular flexibility index (Phi) is 4.23. The second kappa shape index (κ2) is 5.51. The summed E-state index contributed by atoms with van der Waals surface area (Å²) in [6, 6.07) is 2.55. The van der Waals surface area contributed by atoms with Crippen molar-refractivity contribution >= 4 is 11.3 Å². The largest absolute Gasteiger partial charge is 0.271 e. The summed E-state index contributed by atoms with van der Waals surface area (Å²) in [6.07, 6.45) is 3.94. The van der Waals surface area contributed by atoms with Crippen molar-refractivity contribution in [2.75, 3.05) is 0 Å². The van der Waals surface area contributed by atoms with E-state index in [0.29, 0.717) is 12.0 Å². The van der Waals surface area contributed by atoms with Crippen LogP contribution in [0.1, 0.15) is 49.6 Å². The van der Waals surface area contributed by atoms with E-state index >= 15 is 0 Å². The molecule has 0 spiro atoms. The van der Waals surface area contributed by atoms with Crippen molar-refractivity contribution in [2.45, 2.75) is 46.1 Å². The molecule has 3 heteroatoms. The molecule has 4 unspecified atom stereocenters. The number of nitrogens with one attached hydrogen (secondary N) is 1. The highest BCUT2D eigenvalue weighted by atomic mass is 32.1. The van der Waals surface area contributed by atoms with Gasteiger partial charge in [0.25, 0.3) is 0 Å². The molecule has 0 aliphatic heterocycles. The first-order valence-corrected chi connectivity index (χ1v) is 7.51. The quantitative estimate of drug-likeness (QED) is 0.637. The third-order valence-electron chi connectivity index (χ3n) is 4.47. The van der Waals surface area contributed by atoms with Gasteiger partial charge in [0.05, 0.1) is 6.04 Å². The van der Waals surface area contributed by atoms with Crippen LogP contribution in [0.3, 0.4) is 0 Å². The predicted molar refractivity (Wildman–Crippen MR) is 74.8 cm³/mol. The normalized spacial score (nSPS) is 31.4. The molecule has 1 fully saturated rings. The maximum atomic E-state index is 5.80. The molecule has 0 radical (unpaired) electrons. The van der Waals surface area contributed by atoms with Crippen molar-refractivity contribution in [2.24, 2.45) is 23.6 Å². The molecule has 2 rings (SSSR count). The van der Waals surface area contributed by atoms with Crippen LogP contribution in [-0.2, 0) is 0 Å². The van der Waals surface area contributed by atoms with E-state index in [1.54, 1.807) is 0 Å². The van der Waals surface area contributed by atoms with Crippen LogP contribution in [-0.4, -0.2) is 0 Å². The summed E-state index contributed by atoms with van der Waals surface area (Å²) < 4.78 is 0. The predicted octanol–water partition coefficient (Wildman–Crippen LogP) is 3.63. The molecule has 0 bridgehead atoms. The minimum Gasteiger partial charge on any atom is -0.271 e. The van der Waals surface area contributed by atoms with Crippen molar-refractivity contribution in [3.05, 3.63) is 21.9 Å². The number of aryl methyl sites for hydroxylation is 1. The number of hydrogen-bond donors (Lipinski definition) is 2. The van der Waals surface area contributed by atoms with Crippen molar-refractivity contribution in [1.82, 2.24) is 5.43 Å². The molecule has 17 heavy (non-hydrogen) atoms.